The molecule has 9 heteroatoms. The molecule has 0 radical (unpaired) electrons. The predicted octanol–water partition coefficient (Wildman–Crippen LogP) is 7.75. The van der Waals surface area contributed by atoms with Crippen LogP contribution in [-0.4, -0.2) is 23.5 Å². The van der Waals surface area contributed by atoms with Crippen LogP contribution in [0.1, 0.15) is 27.0 Å². The van der Waals surface area contributed by atoms with Gasteiger partial charge in [0.25, 0.3) is 11.8 Å². The number of nitrogens with one attached hydrogen (secondary N) is 3. The number of hydrogen-bond acceptors (Lipinski definition) is 4. The van der Waals surface area contributed by atoms with Crippen molar-refractivity contribution in [1.29, 1.82) is 0 Å². The summed E-state index contributed by atoms with van der Waals surface area (Å²) in [6.45, 7) is 3.97. The lowest BCUT2D eigenvalue weighted by molar-refractivity contribution is -0.114. The number of rotatable bonds is 9. The van der Waals surface area contributed by atoms with Crippen molar-refractivity contribution in [2.45, 2.75) is 18.7 Å². The molecule has 0 heterocycles. The van der Waals surface area contributed by atoms with E-state index >= 15 is 0 Å². The van der Waals surface area contributed by atoms with Gasteiger partial charge in [-0.1, -0.05) is 71.2 Å². The van der Waals surface area contributed by atoms with E-state index in [4.69, 9.17) is 23.2 Å². The highest BCUT2D eigenvalue weighted by molar-refractivity contribution is 8.00. The van der Waals surface area contributed by atoms with Gasteiger partial charge in [0.15, 0.2) is 0 Å². The average Bonchev–Trinajstić information content (AvgIpc) is 2.96. The van der Waals surface area contributed by atoms with Gasteiger partial charge in [-0.3, -0.25) is 14.4 Å². The largest absolute Gasteiger partial charge is 0.325 e. The van der Waals surface area contributed by atoms with Crippen molar-refractivity contribution in [3.63, 3.8) is 0 Å². The Kier molecular flexibility index (Phi) is 10.2. The molecule has 4 aromatic carbocycles. The first-order valence-electron chi connectivity index (χ1n) is 12.6. The van der Waals surface area contributed by atoms with Crippen molar-refractivity contribution < 1.29 is 14.4 Å². The molecule has 0 atom stereocenters. The molecule has 0 saturated heterocycles. The van der Waals surface area contributed by atoms with Crippen LogP contribution in [0.25, 0.3) is 6.08 Å². The van der Waals surface area contributed by atoms with Crippen molar-refractivity contribution in [2.75, 3.05) is 16.4 Å². The lowest BCUT2D eigenvalue weighted by Gasteiger charge is -2.12. The molecule has 4 rings (SSSR count). The van der Waals surface area contributed by atoms with E-state index in [1.165, 1.54) is 17.8 Å². The van der Waals surface area contributed by atoms with Crippen molar-refractivity contribution in [1.82, 2.24) is 5.32 Å². The molecule has 0 aliphatic heterocycles. The van der Waals surface area contributed by atoms with Crippen LogP contribution in [-0.2, 0) is 9.59 Å². The van der Waals surface area contributed by atoms with Crippen molar-refractivity contribution in [3.8, 4) is 0 Å². The van der Waals surface area contributed by atoms with E-state index < -0.39 is 11.8 Å². The van der Waals surface area contributed by atoms with Crippen LogP contribution in [0.5, 0.6) is 0 Å². The number of thioether (sulfide) groups is 1. The standard InChI is InChI=1S/C32H27Cl2N3O3S/c1-20-11-16-27(21(2)17-20)36-29(38)19-41-25-14-12-24(13-15-25)35-32(40)28(18-23-9-6-10-26(33)30(23)34)37-31(39)22-7-4-3-5-8-22/h3-18H,19H2,1-2H3,(H,35,40)(H,36,38)(H,37,39)/b28-18-. The average molecular weight is 605 g/mol. The lowest BCUT2D eigenvalue weighted by atomic mass is 10.1. The maximum atomic E-state index is 13.3. The van der Waals surface area contributed by atoms with Crippen LogP contribution in [0.2, 0.25) is 10.0 Å². The number of carbonyl (C=O) groups excluding carboxylic acids is 3. The van der Waals surface area contributed by atoms with Gasteiger partial charge in [0.2, 0.25) is 5.91 Å². The number of carbonyl (C=O) groups is 3. The van der Waals surface area contributed by atoms with Gasteiger partial charge in [-0.05, 0) is 79.6 Å². The second-order valence-corrected chi connectivity index (χ2v) is 11.0. The smallest absolute Gasteiger partial charge is 0.272 e. The first-order chi connectivity index (χ1) is 19.7. The minimum absolute atomic E-state index is 0.00968. The third-order valence-corrected chi connectivity index (χ3v) is 7.79. The molecule has 41 heavy (non-hydrogen) atoms. The molecule has 0 aromatic heterocycles. The van der Waals surface area contributed by atoms with E-state index in [-0.39, 0.29) is 22.4 Å². The molecular weight excluding hydrogens is 577 g/mol. The molecule has 0 aliphatic carbocycles. The summed E-state index contributed by atoms with van der Waals surface area (Å²) in [6, 6.07) is 26.5. The lowest BCUT2D eigenvalue weighted by Crippen LogP contribution is -2.30. The molecule has 208 valence electrons. The molecule has 0 spiro atoms. The zero-order valence-corrected chi connectivity index (χ0v) is 24.7. The van der Waals surface area contributed by atoms with Gasteiger partial charge in [0, 0.05) is 21.8 Å². The molecule has 3 N–H and O–H groups in total. The molecule has 0 bridgehead atoms. The van der Waals surface area contributed by atoms with Gasteiger partial charge in [-0.15, -0.1) is 11.8 Å². The van der Waals surface area contributed by atoms with E-state index in [9.17, 15) is 14.4 Å². The third-order valence-electron chi connectivity index (χ3n) is 5.95. The van der Waals surface area contributed by atoms with Gasteiger partial charge >= 0.3 is 0 Å². The second-order valence-electron chi connectivity index (χ2n) is 9.15. The van der Waals surface area contributed by atoms with Crippen LogP contribution in [0.15, 0.2) is 102 Å². The fourth-order valence-corrected chi connectivity index (χ4v) is 4.91. The Bertz CT molecular complexity index is 1610. The molecule has 0 unspecified atom stereocenters. The topological polar surface area (TPSA) is 87.3 Å². The molecule has 6 nitrogen and oxygen atoms in total. The Labute approximate surface area is 253 Å². The molecule has 0 aliphatic rings. The number of halogens is 2. The maximum Gasteiger partial charge on any atom is 0.272 e. The highest BCUT2D eigenvalue weighted by atomic mass is 35.5. The molecule has 0 fully saturated rings. The first-order valence-corrected chi connectivity index (χ1v) is 14.4. The molecule has 3 amide bonds. The predicted molar refractivity (Wildman–Crippen MR) is 169 cm³/mol. The van der Waals surface area contributed by atoms with E-state index in [2.05, 4.69) is 16.0 Å². The first kappa shape index (κ1) is 29.9. The molecule has 0 saturated carbocycles. The highest BCUT2D eigenvalue weighted by Crippen LogP contribution is 2.27. The summed E-state index contributed by atoms with van der Waals surface area (Å²) in [7, 11) is 0. The summed E-state index contributed by atoms with van der Waals surface area (Å²) < 4.78 is 0. The maximum absolute atomic E-state index is 13.3. The summed E-state index contributed by atoms with van der Waals surface area (Å²) in [4.78, 5) is 39.4. The third kappa shape index (κ3) is 8.47. The summed E-state index contributed by atoms with van der Waals surface area (Å²) >= 11 is 13.9. The Morgan fingerprint density at radius 1 is 0.829 bits per heavy atom. The Balaban J connectivity index is 1.43. The van der Waals surface area contributed by atoms with Gasteiger partial charge in [-0.2, -0.15) is 0 Å². The van der Waals surface area contributed by atoms with Crippen molar-refractivity contribution >= 4 is 70.1 Å². The number of hydrogen-bond donors (Lipinski definition) is 3. The van der Waals surface area contributed by atoms with Gasteiger partial charge in [-0.25, -0.2) is 0 Å². The van der Waals surface area contributed by atoms with Gasteiger partial charge in [0.1, 0.15) is 5.70 Å². The van der Waals surface area contributed by atoms with Crippen LogP contribution >= 0.6 is 35.0 Å². The Hall–Kier alpha value is -4.04. The summed E-state index contributed by atoms with van der Waals surface area (Å²) in [5.41, 5.74) is 4.31. The van der Waals surface area contributed by atoms with E-state index in [0.717, 1.165) is 21.7 Å². The number of aryl methyl sites for hydroxylation is 2. The number of amides is 3. The minimum atomic E-state index is -0.543. The number of benzene rings is 4. The van der Waals surface area contributed by atoms with Crippen LogP contribution in [0.4, 0.5) is 11.4 Å². The molecular formula is C32H27Cl2N3O3S. The van der Waals surface area contributed by atoms with E-state index in [1.54, 1.807) is 60.7 Å². The van der Waals surface area contributed by atoms with Crippen LogP contribution < -0.4 is 16.0 Å². The van der Waals surface area contributed by atoms with Crippen LogP contribution in [0.3, 0.4) is 0 Å². The monoisotopic (exact) mass is 603 g/mol. The highest BCUT2D eigenvalue weighted by Gasteiger charge is 2.16. The van der Waals surface area contributed by atoms with Crippen molar-refractivity contribution in [2.24, 2.45) is 0 Å². The van der Waals surface area contributed by atoms with E-state index in [0.29, 0.717) is 21.8 Å². The summed E-state index contributed by atoms with van der Waals surface area (Å²) in [5.74, 6) is -0.866. The number of anilines is 2. The minimum Gasteiger partial charge on any atom is -0.325 e. The molecule has 4 aromatic rings. The summed E-state index contributed by atoms with van der Waals surface area (Å²) in [6.07, 6.45) is 1.48. The zero-order valence-electron chi connectivity index (χ0n) is 22.3. The fourth-order valence-electron chi connectivity index (χ4n) is 3.85. The van der Waals surface area contributed by atoms with Gasteiger partial charge in [0.05, 0.1) is 15.8 Å². The quantitative estimate of drug-likeness (QED) is 0.135. The second kappa shape index (κ2) is 14.0. The van der Waals surface area contributed by atoms with Gasteiger partial charge < -0.3 is 16.0 Å². The van der Waals surface area contributed by atoms with E-state index in [1.807, 2.05) is 44.2 Å². The summed E-state index contributed by atoms with van der Waals surface area (Å²) in [5, 5.41) is 9.00. The Morgan fingerprint density at radius 2 is 1.56 bits per heavy atom. The SMILES string of the molecule is Cc1ccc(NC(=O)CSc2ccc(NC(=O)/C(=C/c3cccc(Cl)c3Cl)NC(=O)c3ccccc3)cc2)c(C)c1. The van der Waals surface area contributed by atoms with Crippen LogP contribution in [0, 0.1) is 13.8 Å². The van der Waals surface area contributed by atoms with Crippen molar-refractivity contribution in [3.05, 3.63) is 129 Å². The Morgan fingerprint density at radius 3 is 2.27 bits per heavy atom. The zero-order chi connectivity index (χ0) is 29.4. The normalized spacial score (nSPS) is 11.1. The fraction of sp³-hybridized carbons (Fsp3) is 0.0938.